The lowest BCUT2D eigenvalue weighted by molar-refractivity contribution is 0.243. The molecule has 3 nitrogen and oxygen atoms in total. The predicted molar refractivity (Wildman–Crippen MR) is 117 cm³/mol. The Morgan fingerprint density at radius 2 is 1.19 bits per heavy atom. The van der Waals surface area contributed by atoms with Gasteiger partial charge < -0.3 is 14.2 Å². The van der Waals surface area contributed by atoms with Crippen molar-refractivity contribution in [1.82, 2.24) is 0 Å². The van der Waals surface area contributed by atoms with E-state index in [-0.39, 0.29) is 0 Å². The van der Waals surface area contributed by atoms with Gasteiger partial charge in [0.2, 0.25) is 5.75 Å². The third kappa shape index (κ3) is 6.94. The molecule has 0 radical (unpaired) electrons. The highest BCUT2D eigenvalue weighted by molar-refractivity contribution is 9.10. The van der Waals surface area contributed by atoms with Crippen LogP contribution in [0, 0.1) is 0 Å². The van der Waals surface area contributed by atoms with Gasteiger partial charge in [0, 0.05) is 4.47 Å². The normalized spacial score (nSPS) is 11.0. The second-order valence-corrected chi connectivity index (χ2v) is 7.19. The van der Waals surface area contributed by atoms with Crippen molar-refractivity contribution >= 4 is 28.1 Å². The van der Waals surface area contributed by atoms with Crippen LogP contribution < -0.4 is 14.2 Å². The molecule has 2 aromatic carbocycles. The standard InChI is InChI=1S/C23H29BrO3/c1-4-13-25-21-16-19(8-7-18-9-11-20(24)12-10-18)17-22(26-14-5-2)23(21)27-15-6-3/h7-12,16-17H,4-6,13-15H2,1-3H3/b8-7+. The van der Waals surface area contributed by atoms with Crippen LogP contribution >= 0.6 is 15.9 Å². The van der Waals surface area contributed by atoms with E-state index < -0.39 is 0 Å². The molecule has 0 heterocycles. The average Bonchev–Trinajstić information content (AvgIpc) is 2.69. The Morgan fingerprint density at radius 3 is 1.70 bits per heavy atom. The van der Waals surface area contributed by atoms with Gasteiger partial charge in [-0.15, -0.1) is 0 Å². The minimum Gasteiger partial charge on any atom is -0.490 e. The van der Waals surface area contributed by atoms with Crippen molar-refractivity contribution in [3.63, 3.8) is 0 Å². The van der Waals surface area contributed by atoms with Gasteiger partial charge in [-0.1, -0.05) is 61.0 Å². The zero-order chi connectivity index (χ0) is 19.5. The lowest BCUT2D eigenvalue weighted by Gasteiger charge is -2.17. The molecule has 0 aliphatic rings. The molecular weight excluding hydrogens is 404 g/mol. The van der Waals surface area contributed by atoms with Gasteiger partial charge in [0.05, 0.1) is 19.8 Å². The van der Waals surface area contributed by atoms with Gasteiger partial charge in [0.25, 0.3) is 0 Å². The first-order valence-electron chi connectivity index (χ1n) is 9.68. The Bertz CT molecular complexity index is 694. The molecule has 0 aliphatic heterocycles. The van der Waals surface area contributed by atoms with Crippen LogP contribution in [0.4, 0.5) is 0 Å². The van der Waals surface area contributed by atoms with Gasteiger partial charge in [-0.05, 0) is 54.7 Å². The number of rotatable bonds is 11. The van der Waals surface area contributed by atoms with Crippen LogP contribution in [-0.2, 0) is 0 Å². The molecule has 146 valence electrons. The third-order valence-corrected chi connectivity index (χ3v) is 4.28. The Hall–Kier alpha value is -1.94. The number of hydrogen-bond acceptors (Lipinski definition) is 3. The van der Waals surface area contributed by atoms with Crippen LogP contribution in [0.3, 0.4) is 0 Å². The maximum Gasteiger partial charge on any atom is 0.203 e. The Kier molecular flexibility index (Phi) is 9.26. The van der Waals surface area contributed by atoms with Gasteiger partial charge in [-0.3, -0.25) is 0 Å². The smallest absolute Gasteiger partial charge is 0.203 e. The summed E-state index contributed by atoms with van der Waals surface area (Å²) in [6.07, 6.45) is 6.98. The van der Waals surface area contributed by atoms with E-state index in [2.05, 4.69) is 61.0 Å². The highest BCUT2D eigenvalue weighted by atomic mass is 79.9. The molecule has 0 aromatic heterocycles. The van der Waals surface area contributed by atoms with Crippen molar-refractivity contribution in [1.29, 1.82) is 0 Å². The van der Waals surface area contributed by atoms with Crippen LogP contribution in [0.5, 0.6) is 17.2 Å². The SMILES string of the molecule is CCCOc1cc(/C=C/c2ccc(Br)cc2)cc(OCCC)c1OCCC. The second kappa shape index (κ2) is 11.7. The molecule has 0 aliphatic carbocycles. The first kappa shape index (κ1) is 21.4. The summed E-state index contributed by atoms with van der Waals surface area (Å²) in [4.78, 5) is 0. The second-order valence-electron chi connectivity index (χ2n) is 6.28. The van der Waals surface area contributed by atoms with Crippen molar-refractivity contribution in [2.75, 3.05) is 19.8 Å². The molecule has 2 aromatic rings. The number of hydrogen-bond donors (Lipinski definition) is 0. The minimum absolute atomic E-state index is 0.638. The maximum absolute atomic E-state index is 5.97. The summed E-state index contributed by atoms with van der Waals surface area (Å²) in [5.41, 5.74) is 2.16. The van der Waals surface area contributed by atoms with Crippen LogP contribution in [0.25, 0.3) is 12.2 Å². The molecule has 0 unspecified atom stereocenters. The average molecular weight is 433 g/mol. The molecule has 0 saturated heterocycles. The first-order chi connectivity index (χ1) is 13.2. The molecule has 0 amide bonds. The lowest BCUT2D eigenvalue weighted by Crippen LogP contribution is -2.05. The van der Waals surface area contributed by atoms with Crippen molar-refractivity contribution < 1.29 is 14.2 Å². The summed E-state index contributed by atoms with van der Waals surface area (Å²) in [7, 11) is 0. The minimum atomic E-state index is 0.638. The van der Waals surface area contributed by atoms with E-state index in [1.807, 2.05) is 24.3 Å². The molecule has 0 N–H and O–H groups in total. The summed E-state index contributed by atoms with van der Waals surface area (Å²) in [5.74, 6) is 2.20. The summed E-state index contributed by atoms with van der Waals surface area (Å²) < 4.78 is 19.0. The summed E-state index contributed by atoms with van der Waals surface area (Å²) in [6, 6.07) is 12.3. The van der Waals surface area contributed by atoms with Crippen LogP contribution in [0.15, 0.2) is 40.9 Å². The maximum atomic E-state index is 5.97. The fourth-order valence-corrected chi connectivity index (χ4v) is 2.71. The monoisotopic (exact) mass is 432 g/mol. The van der Waals surface area contributed by atoms with Crippen LogP contribution in [-0.4, -0.2) is 19.8 Å². The van der Waals surface area contributed by atoms with E-state index in [0.717, 1.165) is 46.4 Å². The highest BCUT2D eigenvalue weighted by Crippen LogP contribution is 2.40. The van der Waals surface area contributed by atoms with Crippen molar-refractivity contribution in [2.24, 2.45) is 0 Å². The van der Waals surface area contributed by atoms with E-state index >= 15 is 0 Å². The van der Waals surface area contributed by atoms with Gasteiger partial charge in [0.15, 0.2) is 11.5 Å². The van der Waals surface area contributed by atoms with E-state index in [4.69, 9.17) is 14.2 Å². The largest absolute Gasteiger partial charge is 0.490 e. The summed E-state index contributed by atoms with van der Waals surface area (Å²) in [6.45, 7) is 8.22. The van der Waals surface area contributed by atoms with Crippen molar-refractivity contribution in [3.05, 3.63) is 52.0 Å². The van der Waals surface area contributed by atoms with Crippen LogP contribution in [0.2, 0.25) is 0 Å². The fraction of sp³-hybridized carbons (Fsp3) is 0.391. The van der Waals surface area contributed by atoms with Gasteiger partial charge in [-0.25, -0.2) is 0 Å². The van der Waals surface area contributed by atoms with Crippen molar-refractivity contribution in [2.45, 2.75) is 40.0 Å². The Balaban J connectivity index is 2.35. The van der Waals surface area contributed by atoms with Gasteiger partial charge >= 0.3 is 0 Å². The fourth-order valence-electron chi connectivity index (χ4n) is 2.44. The van der Waals surface area contributed by atoms with Crippen LogP contribution in [0.1, 0.15) is 51.2 Å². The number of benzene rings is 2. The molecule has 4 heteroatoms. The van der Waals surface area contributed by atoms with Crippen molar-refractivity contribution in [3.8, 4) is 17.2 Å². The van der Waals surface area contributed by atoms with E-state index in [0.29, 0.717) is 25.6 Å². The molecule has 2 rings (SSSR count). The van der Waals surface area contributed by atoms with Gasteiger partial charge in [0.1, 0.15) is 0 Å². The molecular formula is C23H29BrO3. The zero-order valence-corrected chi connectivity index (χ0v) is 18.1. The summed E-state index contributed by atoms with van der Waals surface area (Å²) >= 11 is 3.47. The Labute approximate surface area is 171 Å². The quantitative estimate of drug-likeness (QED) is 0.358. The number of halogens is 1. The number of ether oxygens (including phenoxy) is 3. The lowest BCUT2D eigenvalue weighted by atomic mass is 10.1. The molecule has 0 bridgehead atoms. The highest BCUT2D eigenvalue weighted by Gasteiger charge is 2.15. The topological polar surface area (TPSA) is 27.7 Å². The van der Waals surface area contributed by atoms with E-state index in [1.165, 1.54) is 0 Å². The third-order valence-electron chi connectivity index (χ3n) is 3.76. The zero-order valence-electron chi connectivity index (χ0n) is 16.5. The molecule has 0 spiro atoms. The van der Waals surface area contributed by atoms with Gasteiger partial charge in [-0.2, -0.15) is 0 Å². The molecule has 0 fully saturated rings. The predicted octanol–water partition coefficient (Wildman–Crippen LogP) is 6.99. The van der Waals surface area contributed by atoms with E-state index in [1.54, 1.807) is 0 Å². The molecule has 0 atom stereocenters. The van der Waals surface area contributed by atoms with E-state index in [9.17, 15) is 0 Å². The molecule has 0 saturated carbocycles. The summed E-state index contributed by atoms with van der Waals surface area (Å²) in [5, 5.41) is 0. The molecule has 27 heavy (non-hydrogen) atoms. The Morgan fingerprint density at radius 1 is 0.704 bits per heavy atom. The first-order valence-corrected chi connectivity index (χ1v) is 10.5.